The van der Waals surface area contributed by atoms with Crippen molar-refractivity contribution in [3.63, 3.8) is 0 Å². The quantitative estimate of drug-likeness (QED) is 0.701. The van der Waals surface area contributed by atoms with E-state index in [-0.39, 0.29) is 19.0 Å². The highest BCUT2D eigenvalue weighted by Crippen LogP contribution is 2.40. The number of benzene rings is 1. The molecule has 1 spiro atoms. The van der Waals surface area contributed by atoms with Gasteiger partial charge in [0.15, 0.2) is 5.13 Å². The fraction of sp³-hybridized carbons (Fsp3) is 0.524. The minimum absolute atomic E-state index is 0.130. The Morgan fingerprint density at radius 1 is 1.29 bits per heavy atom. The highest BCUT2D eigenvalue weighted by atomic mass is 32.2. The van der Waals surface area contributed by atoms with Gasteiger partial charge >= 0.3 is 0 Å². The molecule has 2 atom stereocenters. The maximum Gasteiger partial charge on any atom is 0.240 e. The average molecular weight is 465 g/mol. The van der Waals surface area contributed by atoms with Gasteiger partial charge in [0.25, 0.3) is 0 Å². The summed E-state index contributed by atoms with van der Waals surface area (Å²) in [5, 5.41) is 14.3. The van der Waals surface area contributed by atoms with Crippen LogP contribution in [0.3, 0.4) is 0 Å². The summed E-state index contributed by atoms with van der Waals surface area (Å²) in [6, 6.07) is 9.83. The summed E-state index contributed by atoms with van der Waals surface area (Å²) in [7, 11) is -3.38. The minimum Gasteiger partial charge on any atom is -0.390 e. The molecule has 0 aliphatic carbocycles. The molecule has 10 heteroatoms. The smallest absolute Gasteiger partial charge is 0.240 e. The van der Waals surface area contributed by atoms with Crippen molar-refractivity contribution < 1.29 is 18.3 Å². The Bertz CT molecular complexity index is 1060. The van der Waals surface area contributed by atoms with Crippen LogP contribution in [0.15, 0.2) is 30.3 Å². The van der Waals surface area contributed by atoms with Crippen LogP contribution in [0.25, 0.3) is 11.3 Å². The molecule has 2 aliphatic heterocycles. The van der Waals surface area contributed by atoms with E-state index in [2.05, 4.69) is 10.3 Å². The molecule has 4 rings (SSSR count). The summed E-state index contributed by atoms with van der Waals surface area (Å²) in [6.45, 7) is 3.38. The number of carbonyl (C=O) groups is 1. The molecular formula is C21H28N4O4S2. The zero-order valence-electron chi connectivity index (χ0n) is 17.7. The molecule has 1 aromatic heterocycles. The van der Waals surface area contributed by atoms with Crippen LogP contribution < -0.4 is 5.32 Å². The van der Waals surface area contributed by atoms with Gasteiger partial charge in [-0.05, 0) is 26.2 Å². The number of likely N-dealkylation sites (tertiary alicyclic amines) is 1. The fourth-order valence-corrected chi connectivity index (χ4v) is 7.08. The number of amides is 1. The number of carbonyl (C=O) groups excluding carboxylic acids is 1. The summed E-state index contributed by atoms with van der Waals surface area (Å²) in [6.07, 6.45) is 2.30. The molecule has 0 bridgehead atoms. The monoisotopic (exact) mass is 464 g/mol. The molecule has 168 valence electrons. The number of aliphatic hydroxyl groups is 1. The Morgan fingerprint density at radius 3 is 2.71 bits per heavy atom. The van der Waals surface area contributed by atoms with E-state index in [4.69, 9.17) is 0 Å². The number of anilines is 1. The molecule has 1 aromatic carbocycles. The summed E-state index contributed by atoms with van der Waals surface area (Å²) < 4.78 is 25.8. The van der Waals surface area contributed by atoms with E-state index in [1.807, 2.05) is 42.2 Å². The predicted octanol–water partition coefficient (Wildman–Crippen LogP) is 1.92. The van der Waals surface area contributed by atoms with E-state index in [0.29, 0.717) is 31.1 Å². The van der Waals surface area contributed by atoms with Crippen LogP contribution in [0, 0.1) is 6.92 Å². The fourth-order valence-electron chi connectivity index (χ4n) is 4.80. The Hall–Kier alpha value is -1.85. The van der Waals surface area contributed by atoms with Crippen LogP contribution in [0.4, 0.5) is 5.13 Å². The van der Waals surface area contributed by atoms with Gasteiger partial charge in [-0.25, -0.2) is 13.4 Å². The maximum absolute atomic E-state index is 12.6. The highest BCUT2D eigenvalue weighted by molar-refractivity contribution is 7.88. The normalized spacial score (nSPS) is 25.2. The van der Waals surface area contributed by atoms with Gasteiger partial charge in [-0.2, -0.15) is 4.31 Å². The van der Waals surface area contributed by atoms with Crippen LogP contribution in [-0.4, -0.2) is 77.7 Å². The molecule has 31 heavy (non-hydrogen) atoms. The summed E-state index contributed by atoms with van der Waals surface area (Å²) in [5.41, 5.74) is 1.13. The van der Waals surface area contributed by atoms with Gasteiger partial charge in [-0.3, -0.25) is 9.69 Å². The number of rotatable bonds is 5. The van der Waals surface area contributed by atoms with Crippen molar-refractivity contribution in [2.45, 2.75) is 37.8 Å². The first-order chi connectivity index (χ1) is 14.7. The first-order valence-corrected chi connectivity index (χ1v) is 13.1. The lowest BCUT2D eigenvalue weighted by Crippen LogP contribution is -2.63. The van der Waals surface area contributed by atoms with Crippen molar-refractivity contribution in [1.82, 2.24) is 14.2 Å². The number of aryl methyl sites for hydroxylation is 1. The summed E-state index contributed by atoms with van der Waals surface area (Å²) in [5.74, 6) is -0.192. The Balaban J connectivity index is 1.38. The second-order valence-corrected chi connectivity index (χ2v) is 11.5. The Morgan fingerprint density at radius 2 is 2.03 bits per heavy atom. The number of nitrogens with one attached hydrogen (secondary N) is 1. The topological polar surface area (TPSA) is 103 Å². The van der Waals surface area contributed by atoms with Crippen LogP contribution in [0.5, 0.6) is 0 Å². The van der Waals surface area contributed by atoms with E-state index in [0.717, 1.165) is 22.6 Å². The third-order valence-electron chi connectivity index (χ3n) is 6.24. The van der Waals surface area contributed by atoms with Crippen molar-refractivity contribution in [3.05, 3.63) is 35.2 Å². The Kier molecular flexibility index (Phi) is 6.19. The maximum atomic E-state index is 12.6. The SMILES string of the molecule is Cc1sc(NC(=O)CN2CC[C@@]3(CCCN3S(C)(=O)=O)[C@@H](O)C2)nc1-c1ccccc1. The lowest BCUT2D eigenvalue weighted by Gasteiger charge is -2.47. The number of sulfonamides is 1. The zero-order valence-corrected chi connectivity index (χ0v) is 19.4. The van der Waals surface area contributed by atoms with Crippen LogP contribution in [0.2, 0.25) is 0 Å². The molecule has 2 fully saturated rings. The second kappa shape index (κ2) is 8.59. The van der Waals surface area contributed by atoms with Crippen LogP contribution in [-0.2, 0) is 14.8 Å². The molecule has 2 aromatic rings. The summed E-state index contributed by atoms with van der Waals surface area (Å²) >= 11 is 1.43. The van der Waals surface area contributed by atoms with E-state index in [9.17, 15) is 18.3 Å². The molecule has 0 saturated carbocycles. The highest BCUT2D eigenvalue weighted by Gasteiger charge is 2.52. The first-order valence-electron chi connectivity index (χ1n) is 10.4. The number of aliphatic hydroxyl groups excluding tert-OH is 1. The molecular weight excluding hydrogens is 436 g/mol. The van der Waals surface area contributed by atoms with Crippen molar-refractivity contribution in [2.24, 2.45) is 0 Å². The third-order valence-corrected chi connectivity index (χ3v) is 8.47. The van der Waals surface area contributed by atoms with E-state index >= 15 is 0 Å². The van der Waals surface area contributed by atoms with Crippen LogP contribution in [0.1, 0.15) is 24.1 Å². The summed E-state index contributed by atoms with van der Waals surface area (Å²) in [4.78, 5) is 20.1. The lowest BCUT2D eigenvalue weighted by molar-refractivity contribution is -0.119. The molecule has 1 amide bonds. The van der Waals surface area contributed by atoms with Gasteiger partial charge < -0.3 is 10.4 Å². The van der Waals surface area contributed by atoms with Crippen LogP contribution >= 0.6 is 11.3 Å². The molecule has 2 saturated heterocycles. The molecule has 3 heterocycles. The largest absolute Gasteiger partial charge is 0.390 e. The number of hydrogen-bond acceptors (Lipinski definition) is 7. The average Bonchev–Trinajstić information content (AvgIpc) is 3.30. The van der Waals surface area contributed by atoms with Gasteiger partial charge in [0.1, 0.15) is 0 Å². The van der Waals surface area contributed by atoms with Crippen molar-refractivity contribution in [3.8, 4) is 11.3 Å². The lowest BCUT2D eigenvalue weighted by atomic mass is 9.83. The van der Waals surface area contributed by atoms with Gasteiger partial charge in [0.05, 0.1) is 30.1 Å². The van der Waals surface area contributed by atoms with E-state index in [1.165, 1.54) is 21.9 Å². The number of hydrogen-bond donors (Lipinski definition) is 2. The number of aromatic nitrogens is 1. The molecule has 2 aliphatic rings. The molecule has 8 nitrogen and oxygen atoms in total. The zero-order chi connectivity index (χ0) is 22.2. The third kappa shape index (κ3) is 4.54. The van der Waals surface area contributed by atoms with E-state index in [1.54, 1.807) is 0 Å². The second-order valence-electron chi connectivity index (χ2n) is 8.38. The van der Waals surface area contributed by atoms with Gasteiger partial charge in [-0.15, -0.1) is 11.3 Å². The van der Waals surface area contributed by atoms with Gasteiger partial charge in [0.2, 0.25) is 15.9 Å². The van der Waals surface area contributed by atoms with E-state index < -0.39 is 21.7 Å². The van der Waals surface area contributed by atoms with Crippen molar-refractivity contribution in [1.29, 1.82) is 0 Å². The number of thiazole rings is 1. The minimum atomic E-state index is -3.38. The van der Waals surface area contributed by atoms with Gasteiger partial charge in [-0.1, -0.05) is 30.3 Å². The number of piperidine rings is 1. The Labute approximate surface area is 187 Å². The van der Waals surface area contributed by atoms with Crippen molar-refractivity contribution >= 4 is 32.4 Å². The van der Waals surface area contributed by atoms with Crippen molar-refractivity contribution in [2.75, 3.05) is 37.8 Å². The predicted molar refractivity (Wildman–Crippen MR) is 121 cm³/mol. The molecule has 0 radical (unpaired) electrons. The molecule has 2 N–H and O–H groups in total. The van der Waals surface area contributed by atoms with Gasteiger partial charge in [0, 0.05) is 30.1 Å². The standard InChI is InChI=1S/C21H28N4O4S2/c1-15-19(16-7-4-3-5-8-16)23-20(30-15)22-18(27)14-24-12-10-21(17(26)13-24)9-6-11-25(21)31(2,28)29/h3-5,7-8,17,26H,6,9-14H2,1-2H3,(H,22,23,27)/t17-,21-/m0/s1. The number of β-amino-alcohol motifs (C(OH)–C–C–N with tert-alkyl or cyclic N) is 1. The first kappa shape index (κ1) is 22.3. The number of nitrogens with zero attached hydrogens (tertiary/aromatic N) is 3. The molecule has 0 unspecified atom stereocenters.